The van der Waals surface area contributed by atoms with Gasteiger partial charge in [0.1, 0.15) is 5.54 Å². The molecule has 0 radical (unpaired) electrons. The highest BCUT2D eigenvalue weighted by Gasteiger charge is 2.32. The highest BCUT2D eigenvalue weighted by atomic mass is 16.5. The zero-order valence-corrected chi connectivity index (χ0v) is 12.8. The van der Waals surface area contributed by atoms with Crippen LogP contribution in [0.4, 0.5) is 0 Å². The van der Waals surface area contributed by atoms with Gasteiger partial charge in [-0.05, 0) is 39.2 Å². The van der Waals surface area contributed by atoms with Crippen LogP contribution in [0.5, 0.6) is 0 Å². The number of carbonyl (C=O) groups is 1. The number of rotatable bonds is 8. The Kier molecular flexibility index (Phi) is 7.48. The molecule has 0 saturated carbocycles. The normalized spacial score (nSPS) is 15.2. The average Bonchev–Trinajstić information content (AvgIpc) is 2.27. The lowest BCUT2D eigenvalue weighted by molar-refractivity contribution is -0.151. The number of ether oxygens (including phenoxy) is 2. The van der Waals surface area contributed by atoms with Gasteiger partial charge in [-0.3, -0.25) is 4.79 Å². The predicted molar refractivity (Wildman–Crippen MR) is 73.6 cm³/mol. The number of carbonyl (C=O) groups excluding carboxylic acids is 1. The predicted octanol–water partition coefficient (Wildman–Crippen LogP) is 2.37. The average molecular weight is 259 g/mol. The first-order chi connectivity index (χ1) is 8.25. The van der Waals surface area contributed by atoms with Gasteiger partial charge in [0.25, 0.3) is 0 Å². The van der Waals surface area contributed by atoms with E-state index in [1.165, 1.54) is 0 Å². The number of hydrogen-bond acceptors (Lipinski definition) is 4. The molecule has 0 aromatic carbocycles. The molecule has 0 heterocycles. The number of nitrogens with one attached hydrogen (secondary N) is 1. The zero-order valence-electron chi connectivity index (χ0n) is 12.8. The van der Waals surface area contributed by atoms with Crippen LogP contribution in [-0.4, -0.2) is 38.4 Å². The Balaban J connectivity index is 3.97. The van der Waals surface area contributed by atoms with Gasteiger partial charge in [-0.1, -0.05) is 20.8 Å². The van der Waals surface area contributed by atoms with E-state index >= 15 is 0 Å². The van der Waals surface area contributed by atoms with E-state index in [0.717, 1.165) is 13.0 Å². The monoisotopic (exact) mass is 259 g/mol. The molecule has 0 amide bonds. The van der Waals surface area contributed by atoms with Crippen LogP contribution in [0, 0.1) is 5.41 Å². The molecule has 1 atom stereocenters. The lowest BCUT2D eigenvalue weighted by atomic mass is 9.93. The largest absolute Gasteiger partial charge is 0.465 e. The van der Waals surface area contributed by atoms with Gasteiger partial charge in [-0.25, -0.2) is 0 Å². The molecule has 0 fully saturated rings. The molecule has 0 rings (SSSR count). The fourth-order valence-corrected chi connectivity index (χ4v) is 1.38. The third kappa shape index (κ3) is 6.97. The summed E-state index contributed by atoms with van der Waals surface area (Å²) in [4.78, 5) is 11.8. The van der Waals surface area contributed by atoms with E-state index in [4.69, 9.17) is 9.47 Å². The van der Waals surface area contributed by atoms with Crippen molar-refractivity contribution in [2.75, 3.05) is 26.9 Å². The molecule has 0 aromatic heterocycles. The molecule has 1 unspecified atom stereocenters. The lowest BCUT2D eigenvalue weighted by Gasteiger charge is -2.26. The van der Waals surface area contributed by atoms with Crippen LogP contribution in [0.25, 0.3) is 0 Å². The van der Waals surface area contributed by atoms with Gasteiger partial charge in [0.05, 0.1) is 6.61 Å². The summed E-state index contributed by atoms with van der Waals surface area (Å²) in [7, 11) is 1.77. The van der Waals surface area contributed by atoms with Gasteiger partial charge < -0.3 is 14.8 Å². The van der Waals surface area contributed by atoms with Gasteiger partial charge in [-0.2, -0.15) is 0 Å². The van der Waals surface area contributed by atoms with E-state index < -0.39 is 5.54 Å². The highest BCUT2D eigenvalue weighted by Crippen LogP contribution is 2.18. The number of likely N-dealkylation sites (N-methyl/N-ethyl adjacent to an activating group) is 1. The Labute approximate surface area is 111 Å². The fourth-order valence-electron chi connectivity index (χ4n) is 1.38. The molecule has 18 heavy (non-hydrogen) atoms. The van der Waals surface area contributed by atoms with Crippen molar-refractivity contribution < 1.29 is 14.3 Å². The summed E-state index contributed by atoms with van der Waals surface area (Å²) in [5.74, 6) is -0.216. The maximum atomic E-state index is 11.8. The quantitative estimate of drug-likeness (QED) is 0.537. The molecule has 0 spiro atoms. The third-order valence-corrected chi connectivity index (χ3v) is 3.02. The first kappa shape index (κ1) is 17.4. The smallest absolute Gasteiger partial charge is 0.326 e. The van der Waals surface area contributed by atoms with Crippen LogP contribution in [0.1, 0.15) is 47.5 Å². The minimum absolute atomic E-state index is 0.216. The van der Waals surface area contributed by atoms with Crippen LogP contribution < -0.4 is 5.32 Å². The second-order valence-electron chi connectivity index (χ2n) is 5.98. The summed E-state index contributed by atoms with van der Waals surface area (Å²) in [6.07, 6.45) is 1.63. The maximum Gasteiger partial charge on any atom is 0.326 e. The van der Waals surface area contributed by atoms with Crippen molar-refractivity contribution in [3.05, 3.63) is 0 Å². The SMILES string of the molecule is CCOC(=O)C(C)(CCOCCC(C)(C)C)NC. The van der Waals surface area contributed by atoms with E-state index in [9.17, 15) is 4.79 Å². The molecule has 108 valence electrons. The van der Waals surface area contributed by atoms with E-state index in [-0.39, 0.29) is 11.4 Å². The molecule has 0 aliphatic heterocycles. The van der Waals surface area contributed by atoms with Gasteiger partial charge in [-0.15, -0.1) is 0 Å². The van der Waals surface area contributed by atoms with Crippen LogP contribution >= 0.6 is 0 Å². The molecule has 1 N–H and O–H groups in total. The van der Waals surface area contributed by atoms with Gasteiger partial charge in [0.2, 0.25) is 0 Å². The molecule has 0 aromatic rings. The molecule has 0 bridgehead atoms. The minimum atomic E-state index is -0.655. The van der Waals surface area contributed by atoms with E-state index in [0.29, 0.717) is 19.6 Å². The van der Waals surface area contributed by atoms with Gasteiger partial charge in [0, 0.05) is 13.2 Å². The molecule has 4 nitrogen and oxygen atoms in total. The summed E-state index contributed by atoms with van der Waals surface area (Å²) >= 11 is 0. The Hall–Kier alpha value is -0.610. The first-order valence-electron chi connectivity index (χ1n) is 6.69. The second kappa shape index (κ2) is 7.74. The molecular weight excluding hydrogens is 230 g/mol. The Morgan fingerprint density at radius 1 is 1.11 bits per heavy atom. The summed E-state index contributed by atoms with van der Waals surface area (Å²) in [5, 5.41) is 3.02. The van der Waals surface area contributed by atoms with Crippen molar-refractivity contribution >= 4 is 5.97 Å². The van der Waals surface area contributed by atoms with Crippen molar-refractivity contribution in [2.24, 2.45) is 5.41 Å². The van der Waals surface area contributed by atoms with E-state index in [1.807, 2.05) is 13.8 Å². The lowest BCUT2D eigenvalue weighted by Crippen LogP contribution is -2.49. The topological polar surface area (TPSA) is 47.6 Å². The van der Waals surface area contributed by atoms with Gasteiger partial charge in [0.15, 0.2) is 0 Å². The summed E-state index contributed by atoms with van der Waals surface area (Å²) in [6, 6.07) is 0. The Morgan fingerprint density at radius 2 is 1.67 bits per heavy atom. The molecular formula is C14H29NO3. The number of hydrogen-bond donors (Lipinski definition) is 1. The van der Waals surface area contributed by atoms with Crippen LogP contribution in [0.3, 0.4) is 0 Å². The number of esters is 1. The maximum absolute atomic E-state index is 11.8. The van der Waals surface area contributed by atoms with Crippen molar-refractivity contribution in [1.82, 2.24) is 5.32 Å². The molecule has 0 aliphatic carbocycles. The van der Waals surface area contributed by atoms with E-state index in [2.05, 4.69) is 26.1 Å². The van der Waals surface area contributed by atoms with Crippen LogP contribution in [-0.2, 0) is 14.3 Å². The molecule has 0 aliphatic rings. The Bertz CT molecular complexity index is 248. The van der Waals surface area contributed by atoms with E-state index in [1.54, 1.807) is 7.05 Å². The van der Waals surface area contributed by atoms with Crippen molar-refractivity contribution in [1.29, 1.82) is 0 Å². The summed E-state index contributed by atoms with van der Waals surface area (Å²) in [5.41, 5.74) is -0.370. The van der Waals surface area contributed by atoms with Crippen molar-refractivity contribution in [3.63, 3.8) is 0 Å². The molecule has 4 heteroatoms. The van der Waals surface area contributed by atoms with Crippen molar-refractivity contribution in [2.45, 2.75) is 53.0 Å². The molecule has 0 saturated heterocycles. The highest BCUT2D eigenvalue weighted by molar-refractivity contribution is 5.80. The minimum Gasteiger partial charge on any atom is -0.465 e. The van der Waals surface area contributed by atoms with Crippen LogP contribution in [0.2, 0.25) is 0 Å². The first-order valence-corrected chi connectivity index (χ1v) is 6.69. The third-order valence-electron chi connectivity index (χ3n) is 3.02. The Morgan fingerprint density at radius 3 is 2.11 bits per heavy atom. The second-order valence-corrected chi connectivity index (χ2v) is 5.98. The standard InChI is InChI=1S/C14H29NO3/c1-7-18-12(16)14(5,15-6)9-11-17-10-8-13(2,3)4/h15H,7-11H2,1-6H3. The summed E-state index contributed by atoms with van der Waals surface area (Å²) < 4.78 is 10.6. The fraction of sp³-hybridized carbons (Fsp3) is 0.929. The summed E-state index contributed by atoms with van der Waals surface area (Å²) in [6.45, 7) is 11.9. The van der Waals surface area contributed by atoms with Gasteiger partial charge >= 0.3 is 5.97 Å². The zero-order chi connectivity index (χ0) is 14.2. The van der Waals surface area contributed by atoms with Crippen LogP contribution in [0.15, 0.2) is 0 Å². The van der Waals surface area contributed by atoms with Crippen molar-refractivity contribution in [3.8, 4) is 0 Å².